The molecule has 0 unspecified atom stereocenters. The molecule has 0 aliphatic heterocycles. The summed E-state index contributed by atoms with van der Waals surface area (Å²) in [6.07, 6.45) is 0. The molecule has 0 atom stereocenters. The van der Waals surface area contributed by atoms with Crippen LogP contribution in [-0.2, 0) is 0 Å². The molecule has 0 amide bonds. The van der Waals surface area contributed by atoms with Crippen LogP contribution in [0.2, 0.25) is 0 Å². The van der Waals surface area contributed by atoms with Crippen molar-refractivity contribution in [2.24, 2.45) is 0 Å². The number of ether oxygens (including phenoxy) is 2. The average molecular weight is 346 g/mol. The zero-order valence-corrected chi connectivity index (χ0v) is 15.2. The summed E-state index contributed by atoms with van der Waals surface area (Å²) >= 11 is 0. The lowest BCUT2D eigenvalue weighted by Crippen LogP contribution is -2.05. The van der Waals surface area contributed by atoms with Crippen LogP contribution in [0.5, 0.6) is 11.5 Å². The largest absolute Gasteiger partial charge is 0.497 e. The lowest BCUT2D eigenvalue weighted by molar-refractivity contribution is 0.415. The zero-order valence-electron chi connectivity index (χ0n) is 14.2. The fourth-order valence-electron chi connectivity index (χ4n) is 3.14. The van der Waals surface area contributed by atoms with Crippen molar-refractivity contribution in [3.8, 4) is 11.5 Å². The highest BCUT2D eigenvalue weighted by Crippen LogP contribution is 2.27. The maximum atomic E-state index is 5.35. The van der Waals surface area contributed by atoms with Crippen molar-refractivity contribution in [1.29, 1.82) is 0 Å². The molecule has 0 radical (unpaired) electrons. The van der Waals surface area contributed by atoms with E-state index in [1.165, 1.54) is 32.2 Å². The number of methoxy groups -OCH3 is 2. The first kappa shape index (κ1) is 15.9. The minimum absolute atomic E-state index is 0.598. The van der Waals surface area contributed by atoms with Crippen LogP contribution in [0.4, 0.5) is 0 Å². The van der Waals surface area contributed by atoms with Gasteiger partial charge < -0.3 is 9.47 Å². The first-order valence-corrected chi connectivity index (χ1v) is 9.19. The monoisotopic (exact) mass is 346 g/mol. The van der Waals surface area contributed by atoms with Crippen molar-refractivity contribution in [3.05, 3.63) is 72.8 Å². The second-order valence-corrected chi connectivity index (χ2v) is 7.24. The quantitative estimate of drug-likeness (QED) is 0.501. The maximum Gasteiger partial charge on any atom is 0.119 e. The predicted molar refractivity (Wildman–Crippen MR) is 109 cm³/mol. The summed E-state index contributed by atoms with van der Waals surface area (Å²) in [5.41, 5.74) is 0. The van der Waals surface area contributed by atoms with E-state index < -0.39 is 0 Å². The third kappa shape index (κ3) is 3.06. The maximum absolute atomic E-state index is 5.35. The fourth-order valence-corrected chi connectivity index (χ4v) is 4.51. The Morgan fingerprint density at radius 3 is 1.52 bits per heavy atom. The van der Waals surface area contributed by atoms with E-state index >= 15 is 0 Å². The van der Waals surface area contributed by atoms with Crippen LogP contribution in [0, 0.1) is 0 Å². The highest BCUT2D eigenvalue weighted by atomic mass is 31.1. The smallest absolute Gasteiger partial charge is 0.119 e. The van der Waals surface area contributed by atoms with Crippen LogP contribution in [0.15, 0.2) is 72.8 Å². The van der Waals surface area contributed by atoms with Crippen molar-refractivity contribution in [1.82, 2.24) is 0 Å². The summed E-state index contributed by atoms with van der Waals surface area (Å²) in [7, 11) is 4.01. The van der Waals surface area contributed by atoms with E-state index in [9.17, 15) is 0 Å². The lowest BCUT2D eigenvalue weighted by atomic mass is 10.1. The van der Waals surface area contributed by atoms with Gasteiger partial charge in [-0.15, -0.1) is 0 Å². The summed E-state index contributed by atoms with van der Waals surface area (Å²) in [4.78, 5) is 0. The van der Waals surface area contributed by atoms with Gasteiger partial charge in [0, 0.05) is 0 Å². The van der Waals surface area contributed by atoms with E-state index in [2.05, 4.69) is 60.7 Å². The molecule has 4 aromatic rings. The highest BCUT2D eigenvalue weighted by Gasteiger charge is 2.07. The third-order valence-corrected chi connectivity index (χ3v) is 5.86. The summed E-state index contributed by atoms with van der Waals surface area (Å²) < 4.78 is 10.7. The van der Waals surface area contributed by atoms with Crippen LogP contribution < -0.4 is 20.1 Å². The molecule has 0 saturated heterocycles. The van der Waals surface area contributed by atoms with E-state index in [0.29, 0.717) is 8.58 Å². The van der Waals surface area contributed by atoms with Crippen molar-refractivity contribution in [3.63, 3.8) is 0 Å². The molecule has 25 heavy (non-hydrogen) atoms. The second-order valence-electron chi connectivity index (χ2n) is 5.91. The van der Waals surface area contributed by atoms with Crippen molar-refractivity contribution in [2.45, 2.75) is 0 Å². The van der Waals surface area contributed by atoms with Gasteiger partial charge in [-0.05, 0) is 56.4 Å². The van der Waals surface area contributed by atoms with Gasteiger partial charge in [0.05, 0.1) is 14.2 Å². The molecule has 2 nitrogen and oxygen atoms in total. The van der Waals surface area contributed by atoms with Gasteiger partial charge in [-0.25, -0.2) is 0 Å². The molecule has 0 N–H and O–H groups in total. The third-order valence-electron chi connectivity index (χ3n) is 4.44. The Bertz CT molecular complexity index is 971. The number of hydrogen-bond donors (Lipinski definition) is 0. The van der Waals surface area contributed by atoms with Crippen molar-refractivity contribution >= 4 is 40.7 Å². The predicted octanol–water partition coefficient (Wildman–Crippen LogP) is 4.64. The molecule has 124 valence electrons. The molecule has 0 aromatic heterocycles. The van der Waals surface area contributed by atoms with Crippen molar-refractivity contribution in [2.75, 3.05) is 14.2 Å². The Morgan fingerprint density at radius 2 is 1.08 bits per heavy atom. The van der Waals surface area contributed by atoms with Gasteiger partial charge in [0.2, 0.25) is 0 Å². The van der Waals surface area contributed by atoms with Crippen LogP contribution in [0.25, 0.3) is 21.5 Å². The van der Waals surface area contributed by atoms with E-state index in [1.807, 2.05) is 12.1 Å². The van der Waals surface area contributed by atoms with Gasteiger partial charge in [0.25, 0.3) is 0 Å². The molecule has 0 spiro atoms. The minimum Gasteiger partial charge on any atom is -0.497 e. The van der Waals surface area contributed by atoms with E-state index in [0.717, 1.165) is 11.5 Å². The number of hydrogen-bond acceptors (Lipinski definition) is 2. The molecule has 0 heterocycles. The Labute approximate surface area is 149 Å². The molecule has 0 bridgehead atoms. The van der Waals surface area contributed by atoms with Crippen LogP contribution >= 0.6 is 8.58 Å². The van der Waals surface area contributed by atoms with Gasteiger partial charge in [-0.3, -0.25) is 0 Å². The van der Waals surface area contributed by atoms with Gasteiger partial charge in [-0.2, -0.15) is 0 Å². The topological polar surface area (TPSA) is 18.5 Å². The van der Waals surface area contributed by atoms with Crippen LogP contribution in [0.1, 0.15) is 0 Å². The molecule has 0 aliphatic rings. The van der Waals surface area contributed by atoms with E-state index in [4.69, 9.17) is 9.47 Å². The Morgan fingerprint density at radius 1 is 0.600 bits per heavy atom. The van der Waals surface area contributed by atoms with Gasteiger partial charge in [0.15, 0.2) is 0 Å². The van der Waals surface area contributed by atoms with Crippen LogP contribution in [0.3, 0.4) is 0 Å². The highest BCUT2D eigenvalue weighted by molar-refractivity contribution is 7.56. The molecule has 0 fully saturated rings. The van der Waals surface area contributed by atoms with Crippen molar-refractivity contribution < 1.29 is 9.47 Å². The standard InChI is InChI=1S/C22H19O2P/c1-23-17-9-11-19-15(13-17)5-3-7-21(19)25-22-8-4-6-16-14-18(24-2)10-12-20(16)22/h3-14,25H,1-2H3. The van der Waals surface area contributed by atoms with E-state index in [-0.39, 0.29) is 0 Å². The molecule has 4 rings (SSSR count). The normalized spacial score (nSPS) is 11.0. The van der Waals surface area contributed by atoms with Gasteiger partial charge >= 0.3 is 0 Å². The Balaban J connectivity index is 1.80. The summed E-state index contributed by atoms with van der Waals surface area (Å²) in [5, 5.41) is 7.70. The first-order chi connectivity index (χ1) is 12.3. The summed E-state index contributed by atoms with van der Waals surface area (Å²) in [6, 6.07) is 25.5. The van der Waals surface area contributed by atoms with E-state index in [1.54, 1.807) is 14.2 Å². The number of benzene rings is 4. The van der Waals surface area contributed by atoms with Crippen LogP contribution in [-0.4, -0.2) is 14.2 Å². The molecule has 4 aromatic carbocycles. The molecular weight excluding hydrogens is 327 g/mol. The Kier molecular flexibility index (Phi) is 4.29. The molecular formula is C22H19O2P. The second kappa shape index (κ2) is 6.74. The summed E-state index contributed by atoms with van der Waals surface area (Å²) in [6.45, 7) is 0. The molecule has 3 heteroatoms. The SMILES string of the molecule is COc1ccc2c(Pc3cccc4cc(OC)ccc34)cccc2c1. The minimum atomic E-state index is 0.598. The molecule has 0 saturated carbocycles. The number of rotatable bonds is 4. The fraction of sp³-hybridized carbons (Fsp3) is 0.0909. The molecule has 0 aliphatic carbocycles. The van der Waals surface area contributed by atoms with Gasteiger partial charge in [-0.1, -0.05) is 57.1 Å². The van der Waals surface area contributed by atoms with Gasteiger partial charge in [0.1, 0.15) is 11.5 Å². The lowest BCUT2D eigenvalue weighted by Gasteiger charge is -2.11. The first-order valence-electron chi connectivity index (χ1n) is 8.19. The zero-order chi connectivity index (χ0) is 17.2. The summed E-state index contributed by atoms with van der Waals surface area (Å²) in [5.74, 6) is 1.79. The Hall–Kier alpha value is -2.57. The average Bonchev–Trinajstić information content (AvgIpc) is 2.67. The number of fused-ring (bicyclic) bond motifs is 2.